The molecule has 0 aromatic heterocycles. The molecule has 0 saturated heterocycles. The molecule has 288 valence electrons. The van der Waals surface area contributed by atoms with E-state index in [-0.39, 0.29) is 47.4 Å². The molecule has 0 aliphatic carbocycles. The minimum Gasteiger partial charge on any atom is -0.514 e. The fourth-order valence-electron chi connectivity index (χ4n) is 1.80. The molecule has 0 aliphatic heterocycles. The van der Waals surface area contributed by atoms with E-state index in [1.807, 2.05) is 0 Å². The molecule has 0 heterocycles. The van der Waals surface area contributed by atoms with Gasteiger partial charge in [0.25, 0.3) is 0 Å². The summed E-state index contributed by atoms with van der Waals surface area (Å²) < 4.78 is 30.4. The van der Waals surface area contributed by atoms with E-state index in [1.165, 1.54) is 0 Å². The van der Waals surface area contributed by atoms with E-state index in [0.717, 1.165) is 77.0 Å². The van der Waals surface area contributed by atoms with Gasteiger partial charge < -0.3 is 178 Å². The van der Waals surface area contributed by atoms with Crippen LogP contribution in [0.4, 0.5) is 0 Å². The van der Waals surface area contributed by atoms with Crippen LogP contribution in [-0.2, 0) is 125 Å². The van der Waals surface area contributed by atoms with E-state index >= 15 is 0 Å². The monoisotopic (exact) mass is 992 g/mol. The Balaban J connectivity index is -0.0000000860. The number of thiocarbonyl (C=S) groups is 6. The Morgan fingerprint density at radius 2 is 0.408 bits per heavy atom. The van der Waals surface area contributed by atoms with E-state index in [2.05, 4.69) is 191 Å². The van der Waals surface area contributed by atoms with E-state index in [4.69, 9.17) is 28.4 Å². The molecule has 6 nitrogen and oxygen atoms in total. The van der Waals surface area contributed by atoms with Gasteiger partial charge in [-0.25, -0.2) is 0 Å². The summed E-state index contributed by atoms with van der Waals surface area (Å²) in [5, 5.41) is 0. The largest absolute Gasteiger partial charge is 6.00 e. The van der Waals surface area contributed by atoms with E-state index in [0.29, 0.717) is 39.6 Å². The molecule has 0 saturated carbocycles. The maximum atomic E-state index is 4.83. The number of ether oxygens (including phenoxy) is 6. The zero-order chi connectivity index (χ0) is 38.4. The van der Waals surface area contributed by atoms with Crippen LogP contribution in [0.25, 0.3) is 0 Å². The molecule has 49 heavy (non-hydrogen) atoms. The predicted octanol–water partition coefficient (Wildman–Crippen LogP) is 9.81. The van der Waals surface area contributed by atoms with Crippen LogP contribution in [0.2, 0.25) is 0 Å². The minimum atomic E-state index is 0. The van der Waals surface area contributed by atoms with Crippen LogP contribution in [0, 0.1) is 0 Å². The summed E-state index contributed by atoms with van der Waals surface area (Å²) in [7, 11) is 0. The quantitative estimate of drug-likeness (QED) is 0.0567. The van der Waals surface area contributed by atoms with Crippen molar-refractivity contribution in [1.29, 1.82) is 0 Å². The first-order chi connectivity index (χ1) is 22.6. The zero-order valence-corrected chi connectivity index (χ0v) is 41.3. The van der Waals surface area contributed by atoms with Crippen molar-refractivity contribution >= 4 is 175 Å². The molecule has 0 N–H and O–H groups in total. The van der Waals surface area contributed by atoms with Crippen molar-refractivity contribution in [2.75, 3.05) is 39.6 Å². The van der Waals surface area contributed by atoms with Gasteiger partial charge in [0.05, 0.1) is 39.6 Å². The third-order valence-corrected chi connectivity index (χ3v) is 5.72. The van der Waals surface area contributed by atoms with E-state index in [9.17, 15) is 0 Å². The zero-order valence-electron chi connectivity index (χ0n) is 29.5. The average molecular weight is 991 g/mol. The summed E-state index contributed by atoms with van der Waals surface area (Å²) in [6, 6.07) is 0. The Morgan fingerprint density at radius 1 is 0.306 bits per heavy atom. The number of rotatable bonds is 18. The summed E-state index contributed by atoms with van der Waals surface area (Å²) >= 11 is 54.0. The summed E-state index contributed by atoms with van der Waals surface area (Å²) in [5.41, 5.74) is 0. The van der Waals surface area contributed by atoms with Crippen molar-refractivity contribution in [2.45, 2.75) is 119 Å². The van der Waals surface area contributed by atoms with Crippen molar-refractivity contribution in [3.05, 3.63) is 0 Å². The van der Waals surface area contributed by atoms with Crippen LogP contribution in [0.3, 0.4) is 0 Å². The van der Waals surface area contributed by atoms with Crippen molar-refractivity contribution in [1.82, 2.24) is 0 Å². The predicted molar refractivity (Wildman–Crippen MR) is 245 cm³/mol. The van der Waals surface area contributed by atoms with Crippen LogP contribution in [0.1, 0.15) is 119 Å². The molecule has 0 spiro atoms. The van der Waals surface area contributed by atoms with Crippen LogP contribution in [0.5, 0.6) is 0 Å². The molecule has 0 amide bonds. The fourth-order valence-corrected chi connectivity index (χ4v) is 2.80. The second kappa shape index (κ2) is 61.4. The van der Waals surface area contributed by atoms with E-state index < -0.39 is 0 Å². The van der Waals surface area contributed by atoms with Gasteiger partial charge in [0, 0.05) is 26.3 Å². The van der Waals surface area contributed by atoms with E-state index in [1.54, 1.807) is 0 Å². The first-order valence-electron chi connectivity index (χ1n) is 15.6. The van der Waals surface area contributed by atoms with Gasteiger partial charge in [-0.2, -0.15) is 0 Å². The molecule has 19 heteroatoms. The summed E-state index contributed by atoms with van der Waals surface area (Å²) in [6.45, 7) is 16.6. The normalized spacial score (nSPS) is 8.45. The molecular formula is C30H54MoO6S12. The molecule has 0 fully saturated rings. The number of hydrogen-bond acceptors (Lipinski definition) is 18. The first-order valence-corrected chi connectivity index (χ1v) is 20.5. The molecule has 0 aliphatic rings. The molecule has 0 radical (unpaired) electrons. The standard InChI is InChI=1S/6C5H10OS2.Mo/c6*1-2-3-4-6-5(7)8;/h6*2-4H2,1H3,(H,7,8);/q;;;;;;+6/p-6. The van der Waals surface area contributed by atoms with Crippen molar-refractivity contribution in [2.24, 2.45) is 0 Å². The Labute approximate surface area is 379 Å². The Morgan fingerprint density at radius 3 is 0.469 bits per heavy atom. The van der Waals surface area contributed by atoms with Gasteiger partial charge >= 0.3 is 21.1 Å². The van der Waals surface area contributed by atoms with Crippen LogP contribution in [0.15, 0.2) is 0 Å². The second-order valence-corrected chi connectivity index (χ2v) is 14.7. The molecule has 0 rings (SSSR count). The summed E-state index contributed by atoms with van der Waals surface area (Å²) in [5.74, 6) is 0. The SMILES string of the molecule is CCCCOC(=S)[S-].CCCCOC(=S)[S-].CCCCOC(=S)[S-].CCCCOC(=S)[S-].CCCCOC(=S)[S-].CCCCOC(=S)[S-].[Mo+6]. The van der Waals surface area contributed by atoms with Gasteiger partial charge in [0.2, 0.25) is 0 Å². The topological polar surface area (TPSA) is 55.4 Å². The van der Waals surface area contributed by atoms with Gasteiger partial charge in [-0.05, 0) is 38.5 Å². The third kappa shape index (κ3) is 113. The van der Waals surface area contributed by atoms with Crippen molar-refractivity contribution in [3.63, 3.8) is 0 Å². The summed E-state index contributed by atoms with van der Waals surface area (Å²) in [4.78, 5) is 0. The van der Waals surface area contributed by atoms with Gasteiger partial charge in [-0.15, -0.1) is 0 Å². The van der Waals surface area contributed by atoms with Crippen LogP contribution >= 0.6 is 73.3 Å². The smallest absolute Gasteiger partial charge is 0.514 e. The molecule has 0 unspecified atom stereocenters. The molecular weight excluding hydrogens is 937 g/mol. The Hall–Kier alpha value is 1.35. The third-order valence-electron chi connectivity index (χ3n) is 4.31. The summed E-state index contributed by atoms with van der Waals surface area (Å²) in [6.07, 6.45) is 13.0. The molecule has 0 bridgehead atoms. The van der Waals surface area contributed by atoms with Gasteiger partial charge in [0.15, 0.2) is 0 Å². The van der Waals surface area contributed by atoms with Crippen LogP contribution < -0.4 is 0 Å². The van der Waals surface area contributed by atoms with Gasteiger partial charge in [-0.1, -0.05) is 80.1 Å². The Kier molecular flexibility index (Phi) is 81.7. The first kappa shape index (κ1) is 65.3. The maximum Gasteiger partial charge on any atom is 6.00 e. The van der Waals surface area contributed by atoms with Crippen LogP contribution in [-0.4, -0.2) is 65.9 Å². The number of unbranched alkanes of at least 4 members (excludes halogenated alkanes) is 6. The van der Waals surface area contributed by atoms with Crippen molar-refractivity contribution in [3.8, 4) is 0 Å². The molecule has 0 aromatic rings. The maximum absolute atomic E-state index is 4.83. The minimum absolute atomic E-state index is 0. The van der Waals surface area contributed by atoms with Gasteiger partial charge in [0.1, 0.15) is 0 Å². The fraction of sp³-hybridized carbons (Fsp3) is 0.800. The van der Waals surface area contributed by atoms with Crippen molar-refractivity contribution < 1.29 is 49.5 Å². The Bertz CT molecular complexity index is 599. The number of hydrogen-bond donors (Lipinski definition) is 0. The van der Waals surface area contributed by atoms with Gasteiger partial charge in [-0.3, -0.25) is 0 Å². The molecule has 0 atom stereocenters. The second-order valence-electron chi connectivity index (χ2n) is 8.71. The average Bonchev–Trinajstić information content (AvgIpc) is 2.99. The molecule has 0 aromatic carbocycles.